The van der Waals surface area contributed by atoms with Crippen molar-refractivity contribution in [3.8, 4) is 5.75 Å². The Morgan fingerprint density at radius 1 is 1.09 bits per heavy atom. The van der Waals surface area contributed by atoms with Crippen LogP contribution >= 0.6 is 0 Å². The summed E-state index contributed by atoms with van der Waals surface area (Å²) in [5.74, 6) is 1.08. The summed E-state index contributed by atoms with van der Waals surface area (Å²) < 4.78 is 5.81. The van der Waals surface area contributed by atoms with E-state index in [1.165, 1.54) is 0 Å². The summed E-state index contributed by atoms with van der Waals surface area (Å²) in [6.07, 6.45) is -0.825. The second-order valence-corrected chi connectivity index (χ2v) is 4.84. The molecule has 2 N–H and O–H groups in total. The van der Waals surface area contributed by atoms with E-state index < -0.39 is 6.23 Å². The van der Waals surface area contributed by atoms with E-state index in [1.807, 2.05) is 48.5 Å². The lowest BCUT2D eigenvalue weighted by atomic mass is 10.1. The molecule has 1 aliphatic heterocycles. The molecule has 5 heteroatoms. The molecule has 2 aromatic carbocycles. The van der Waals surface area contributed by atoms with Crippen LogP contribution in [0.25, 0.3) is 0 Å². The molecule has 0 radical (unpaired) electrons. The molecule has 0 fully saturated rings. The molecule has 1 atom stereocenters. The summed E-state index contributed by atoms with van der Waals surface area (Å²) >= 11 is 0. The number of nitrogens with one attached hydrogen (secondary N) is 2. The van der Waals surface area contributed by atoms with Gasteiger partial charge in [0.05, 0.1) is 6.54 Å². The number of benzene rings is 2. The highest BCUT2D eigenvalue weighted by Crippen LogP contribution is 2.13. The van der Waals surface area contributed by atoms with Gasteiger partial charge in [0.2, 0.25) is 12.0 Å². The number of aliphatic imine (C=N–C) groups is 1. The van der Waals surface area contributed by atoms with Gasteiger partial charge in [0.15, 0.2) is 5.96 Å². The molecule has 1 unspecified atom stereocenters. The van der Waals surface area contributed by atoms with E-state index in [-0.39, 0.29) is 5.78 Å². The van der Waals surface area contributed by atoms with Crippen LogP contribution in [0.15, 0.2) is 65.7 Å². The molecule has 22 heavy (non-hydrogen) atoms. The van der Waals surface area contributed by atoms with Crippen molar-refractivity contribution in [3.63, 3.8) is 0 Å². The van der Waals surface area contributed by atoms with E-state index in [4.69, 9.17) is 4.74 Å². The Kier molecular flexibility index (Phi) is 4.34. The zero-order valence-corrected chi connectivity index (χ0v) is 12.0. The van der Waals surface area contributed by atoms with Gasteiger partial charge in [-0.3, -0.25) is 9.79 Å². The molecule has 0 saturated heterocycles. The normalized spacial score (nSPS) is 14.6. The Bertz CT molecular complexity index is 656. The highest BCUT2D eigenvalue weighted by Gasteiger charge is 2.24. The third-order valence-corrected chi connectivity index (χ3v) is 3.24. The molecular weight excluding hydrogens is 278 g/mol. The zero-order chi connectivity index (χ0) is 15.2. The van der Waals surface area contributed by atoms with Crippen LogP contribution in [0.3, 0.4) is 0 Å². The molecule has 0 aliphatic carbocycles. The van der Waals surface area contributed by atoms with Crippen LogP contribution in [0.2, 0.25) is 0 Å². The summed E-state index contributed by atoms with van der Waals surface area (Å²) in [5.41, 5.74) is 0.592. The molecule has 1 heterocycles. The van der Waals surface area contributed by atoms with Crippen molar-refractivity contribution in [3.05, 3.63) is 66.2 Å². The number of ether oxygens (including phenoxy) is 1. The number of ketones is 1. The SMILES string of the molecule is O=C(c1ccccc1)C(NC1=NCCN1)Oc1ccccc1. The highest BCUT2D eigenvalue weighted by atomic mass is 16.5. The zero-order valence-electron chi connectivity index (χ0n) is 12.0. The van der Waals surface area contributed by atoms with Crippen LogP contribution in [0.1, 0.15) is 10.4 Å². The van der Waals surface area contributed by atoms with Crippen molar-refractivity contribution in [1.29, 1.82) is 0 Å². The first-order chi connectivity index (χ1) is 10.8. The Morgan fingerprint density at radius 2 is 1.77 bits per heavy atom. The number of carbonyl (C=O) groups is 1. The minimum Gasteiger partial charge on any atom is -0.463 e. The Labute approximate surface area is 129 Å². The molecule has 3 rings (SSSR count). The summed E-state index contributed by atoms with van der Waals surface area (Å²) in [7, 11) is 0. The third kappa shape index (κ3) is 3.44. The molecular formula is C17H17N3O2. The average Bonchev–Trinajstić information content (AvgIpc) is 3.08. The first kappa shape index (κ1) is 14.1. The molecule has 0 saturated carbocycles. The van der Waals surface area contributed by atoms with Gasteiger partial charge in [-0.05, 0) is 12.1 Å². The van der Waals surface area contributed by atoms with Crippen molar-refractivity contribution in [2.45, 2.75) is 6.23 Å². The van der Waals surface area contributed by atoms with Crippen molar-refractivity contribution < 1.29 is 9.53 Å². The molecule has 0 spiro atoms. The average molecular weight is 295 g/mol. The van der Waals surface area contributed by atoms with Crippen LogP contribution in [0.4, 0.5) is 0 Å². The summed E-state index contributed by atoms with van der Waals surface area (Å²) in [5, 5.41) is 6.12. The monoisotopic (exact) mass is 295 g/mol. The minimum atomic E-state index is -0.825. The molecule has 1 aliphatic rings. The largest absolute Gasteiger partial charge is 0.463 e. The predicted molar refractivity (Wildman–Crippen MR) is 85.1 cm³/mol. The smallest absolute Gasteiger partial charge is 0.236 e. The van der Waals surface area contributed by atoms with Gasteiger partial charge in [0.25, 0.3) is 0 Å². The van der Waals surface area contributed by atoms with Gasteiger partial charge < -0.3 is 15.4 Å². The minimum absolute atomic E-state index is 0.138. The number of carbonyl (C=O) groups excluding carboxylic acids is 1. The first-order valence-corrected chi connectivity index (χ1v) is 7.19. The second-order valence-electron chi connectivity index (χ2n) is 4.84. The van der Waals surface area contributed by atoms with E-state index in [2.05, 4.69) is 15.6 Å². The number of hydrogen-bond acceptors (Lipinski definition) is 5. The van der Waals surface area contributed by atoms with E-state index in [0.29, 0.717) is 23.8 Å². The Hall–Kier alpha value is -2.82. The van der Waals surface area contributed by atoms with Gasteiger partial charge in [-0.15, -0.1) is 0 Å². The third-order valence-electron chi connectivity index (χ3n) is 3.24. The number of rotatable bonds is 5. The highest BCUT2D eigenvalue weighted by molar-refractivity contribution is 6.01. The lowest BCUT2D eigenvalue weighted by Gasteiger charge is -2.20. The quantitative estimate of drug-likeness (QED) is 0.652. The topological polar surface area (TPSA) is 62.7 Å². The van der Waals surface area contributed by atoms with Gasteiger partial charge >= 0.3 is 0 Å². The molecule has 5 nitrogen and oxygen atoms in total. The number of Topliss-reactive ketones (excluding diaryl/α,β-unsaturated/α-hetero) is 1. The van der Waals surface area contributed by atoms with Crippen LogP contribution in [0.5, 0.6) is 5.75 Å². The van der Waals surface area contributed by atoms with E-state index in [0.717, 1.165) is 6.54 Å². The maximum atomic E-state index is 12.7. The van der Waals surface area contributed by atoms with E-state index in [1.54, 1.807) is 12.1 Å². The standard InChI is InChI=1S/C17H17N3O2/c21-15(13-7-3-1-4-8-13)16(20-17-18-11-12-19-17)22-14-9-5-2-6-10-14/h1-10,16H,11-12H2,(H2,18,19,20). The molecule has 0 bridgehead atoms. The van der Waals surface area contributed by atoms with Gasteiger partial charge in [-0.2, -0.15) is 0 Å². The van der Waals surface area contributed by atoms with Crippen molar-refractivity contribution in [2.24, 2.45) is 4.99 Å². The van der Waals surface area contributed by atoms with Crippen LogP contribution in [0, 0.1) is 0 Å². The number of nitrogens with zero attached hydrogens (tertiary/aromatic N) is 1. The fourth-order valence-corrected chi connectivity index (χ4v) is 2.16. The first-order valence-electron chi connectivity index (χ1n) is 7.19. The lowest BCUT2D eigenvalue weighted by Crippen LogP contribution is -2.48. The van der Waals surface area contributed by atoms with Crippen molar-refractivity contribution >= 4 is 11.7 Å². The summed E-state index contributed by atoms with van der Waals surface area (Å²) in [6.45, 7) is 1.46. The Balaban J connectivity index is 1.80. The number of para-hydroxylation sites is 1. The Morgan fingerprint density at radius 3 is 2.41 bits per heavy atom. The lowest BCUT2D eigenvalue weighted by molar-refractivity contribution is 0.0767. The molecule has 0 amide bonds. The summed E-state index contributed by atoms with van der Waals surface area (Å²) in [4.78, 5) is 16.9. The fraction of sp³-hybridized carbons (Fsp3) is 0.176. The molecule has 2 aromatic rings. The maximum Gasteiger partial charge on any atom is 0.236 e. The second kappa shape index (κ2) is 6.76. The van der Waals surface area contributed by atoms with Gasteiger partial charge in [0.1, 0.15) is 5.75 Å². The van der Waals surface area contributed by atoms with Gasteiger partial charge in [0, 0.05) is 12.1 Å². The number of guanidine groups is 1. The molecule has 0 aromatic heterocycles. The fourth-order valence-electron chi connectivity index (χ4n) is 2.16. The van der Waals surface area contributed by atoms with E-state index >= 15 is 0 Å². The van der Waals surface area contributed by atoms with Crippen LogP contribution in [-0.2, 0) is 0 Å². The summed E-state index contributed by atoms with van der Waals surface area (Å²) in [6, 6.07) is 18.3. The van der Waals surface area contributed by atoms with Crippen LogP contribution < -0.4 is 15.4 Å². The van der Waals surface area contributed by atoms with Gasteiger partial charge in [-0.1, -0.05) is 48.5 Å². The van der Waals surface area contributed by atoms with Gasteiger partial charge in [-0.25, -0.2) is 0 Å². The van der Waals surface area contributed by atoms with Crippen molar-refractivity contribution in [2.75, 3.05) is 13.1 Å². The predicted octanol–water partition coefficient (Wildman–Crippen LogP) is 1.82. The van der Waals surface area contributed by atoms with E-state index in [9.17, 15) is 4.79 Å². The molecule has 112 valence electrons. The van der Waals surface area contributed by atoms with Crippen molar-refractivity contribution in [1.82, 2.24) is 10.6 Å². The number of hydrogen-bond donors (Lipinski definition) is 2. The maximum absolute atomic E-state index is 12.7. The van der Waals surface area contributed by atoms with Crippen LogP contribution in [-0.4, -0.2) is 31.1 Å².